The number of rotatable bonds is 6. The summed E-state index contributed by atoms with van der Waals surface area (Å²) < 4.78 is 12.7. The monoisotopic (exact) mass is 600 g/mol. The highest BCUT2D eigenvalue weighted by Crippen LogP contribution is 2.43. The van der Waals surface area contributed by atoms with Crippen molar-refractivity contribution in [1.82, 2.24) is 4.98 Å². The third-order valence-corrected chi connectivity index (χ3v) is 8.34. The van der Waals surface area contributed by atoms with Crippen LogP contribution in [0.15, 0.2) is 86.5 Å². The Balaban J connectivity index is 1.46. The van der Waals surface area contributed by atoms with E-state index in [1.165, 1.54) is 11.8 Å². The van der Waals surface area contributed by atoms with Crippen LogP contribution in [0, 0.1) is 6.92 Å². The fourth-order valence-corrected chi connectivity index (χ4v) is 6.11. The van der Waals surface area contributed by atoms with Gasteiger partial charge in [-0.15, -0.1) is 0 Å². The molecule has 0 radical (unpaired) electrons. The number of nitrogens with zero attached hydrogens (tertiary/aromatic N) is 2. The maximum atomic E-state index is 13.8. The van der Waals surface area contributed by atoms with Gasteiger partial charge < -0.3 is 9.15 Å². The number of halogens is 1. The third kappa shape index (κ3) is 4.47. The van der Waals surface area contributed by atoms with E-state index in [-0.39, 0.29) is 22.5 Å². The largest absolute Gasteiger partial charge is 0.489 e. The van der Waals surface area contributed by atoms with Crippen LogP contribution in [0.25, 0.3) is 11.0 Å². The van der Waals surface area contributed by atoms with Gasteiger partial charge in [-0.2, -0.15) is 0 Å². The zero-order chi connectivity index (χ0) is 27.3. The van der Waals surface area contributed by atoms with Gasteiger partial charge in [-0.25, -0.2) is 4.98 Å². The summed E-state index contributed by atoms with van der Waals surface area (Å²) in [6, 6.07) is 21.4. The second-order valence-electron chi connectivity index (χ2n) is 9.20. The van der Waals surface area contributed by atoms with Gasteiger partial charge in [-0.3, -0.25) is 19.3 Å². The maximum Gasteiger partial charge on any atom is 0.297 e. The van der Waals surface area contributed by atoms with Crippen LogP contribution in [-0.2, 0) is 6.61 Å². The molecule has 0 bridgehead atoms. The number of hydrogen-bond donors (Lipinski definition) is 0. The molecule has 1 aliphatic rings. The second-order valence-corrected chi connectivity index (χ2v) is 11.1. The van der Waals surface area contributed by atoms with Crippen molar-refractivity contribution >= 4 is 55.1 Å². The van der Waals surface area contributed by atoms with Crippen LogP contribution in [-0.4, -0.2) is 16.7 Å². The van der Waals surface area contributed by atoms with Gasteiger partial charge in [0.1, 0.15) is 17.9 Å². The first-order valence-electron chi connectivity index (χ1n) is 12.2. The Morgan fingerprint density at radius 2 is 1.82 bits per heavy atom. The van der Waals surface area contributed by atoms with Crippen molar-refractivity contribution in [1.29, 1.82) is 0 Å². The van der Waals surface area contributed by atoms with Gasteiger partial charge in [-0.05, 0) is 48.4 Å². The molecule has 9 heteroatoms. The van der Waals surface area contributed by atoms with Crippen LogP contribution < -0.4 is 15.1 Å². The van der Waals surface area contributed by atoms with Crippen molar-refractivity contribution in [2.24, 2.45) is 0 Å². The van der Waals surface area contributed by atoms with Crippen LogP contribution in [0.5, 0.6) is 5.75 Å². The molecule has 0 saturated carbocycles. The van der Waals surface area contributed by atoms with E-state index in [2.05, 4.69) is 20.9 Å². The van der Waals surface area contributed by atoms with Gasteiger partial charge in [-0.1, -0.05) is 69.7 Å². The molecule has 1 unspecified atom stereocenters. The average molecular weight is 601 g/mol. The van der Waals surface area contributed by atoms with Crippen molar-refractivity contribution in [3.63, 3.8) is 0 Å². The molecule has 39 heavy (non-hydrogen) atoms. The highest BCUT2D eigenvalue weighted by molar-refractivity contribution is 9.10. The standard InChI is InChI=1S/C30H21BrN2O5S/c1-16-28(17(2)34)39-30(32-16)33-25(19-8-11-21(12-9-19)37-15-18-6-4-3-5-7-18)24-26(35)22-14-20(31)10-13-23(22)38-27(24)29(33)36/h3-14,25H,15H2,1-2H3. The van der Waals surface area contributed by atoms with Gasteiger partial charge in [0.15, 0.2) is 16.3 Å². The molecule has 1 amide bonds. The van der Waals surface area contributed by atoms with Crippen LogP contribution in [0.1, 0.15) is 55.6 Å². The zero-order valence-electron chi connectivity index (χ0n) is 20.9. The van der Waals surface area contributed by atoms with Gasteiger partial charge in [0.25, 0.3) is 5.91 Å². The van der Waals surface area contributed by atoms with Crippen LogP contribution >= 0.6 is 27.3 Å². The minimum absolute atomic E-state index is 0.0264. The molecule has 3 heterocycles. The molecule has 5 aromatic rings. The summed E-state index contributed by atoms with van der Waals surface area (Å²) in [6.07, 6.45) is 0. The van der Waals surface area contributed by atoms with Crippen molar-refractivity contribution < 1.29 is 18.7 Å². The van der Waals surface area contributed by atoms with E-state index >= 15 is 0 Å². The number of ether oxygens (including phenoxy) is 1. The highest BCUT2D eigenvalue weighted by atomic mass is 79.9. The van der Waals surface area contributed by atoms with Crippen molar-refractivity contribution in [2.75, 3.05) is 4.90 Å². The molecule has 0 fully saturated rings. The molecule has 194 valence electrons. The summed E-state index contributed by atoms with van der Waals surface area (Å²) in [7, 11) is 0. The summed E-state index contributed by atoms with van der Waals surface area (Å²) in [5, 5.41) is 0.693. The number of amides is 1. The number of anilines is 1. The molecule has 7 nitrogen and oxygen atoms in total. The van der Waals surface area contributed by atoms with E-state index < -0.39 is 11.9 Å². The SMILES string of the molecule is CC(=O)c1sc(N2C(=O)c3oc4ccc(Br)cc4c(=O)c3C2c2ccc(OCc3ccccc3)cc2)nc1C. The van der Waals surface area contributed by atoms with Crippen LogP contribution in [0.3, 0.4) is 0 Å². The second kappa shape index (κ2) is 9.91. The van der Waals surface area contributed by atoms with E-state index in [0.29, 0.717) is 44.6 Å². The Kier molecular flexibility index (Phi) is 6.40. The topological polar surface area (TPSA) is 89.7 Å². The molecule has 2 aromatic heterocycles. The fourth-order valence-electron chi connectivity index (χ4n) is 4.76. The lowest BCUT2D eigenvalue weighted by molar-refractivity contribution is 0.0969. The number of benzene rings is 3. The summed E-state index contributed by atoms with van der Waals surface area (Å²) >= 11 is 4.55. The lowest BCUT2D eigenvalue weighted by Gasteiger charge is -2.22. The maximum absolute atomic E-state index is 13.8. The summed E-state index contributed by atoms with van der Waals surface area (Å²) in [4.78, 5) is 46.3. The Morgan fingerprint density at radius 1 is 1.08 bits per heavy atom. The molecule has 0 saturated heterocycles. The van der Waals surface area contributed by atoms with Gasteiger partial charge in [0.2, 0.25) is 5.76 Å². The molecule has 6 rings (SSSR count). The molecule has 0 aliphatic carbocycles. The predicted molar refractivity (Wildman–Crippen MR) is 153 cm³/mol. The molecule has 0 N–H and O–H groups in total. The molecule has 3 aromatic carbocycles. The summed E-state index contributed by atoms with van der Waals surface area (Å²) in [6.45, 7) is 3.60. The van der Waals surface area contributed by atoms with Crippen molar-refractivity contribution in [3.05, 3.63) is 121 Å². The number of ketones is 1. The van der Waals surface area contributed by atoms with Gasteiger partial charge >= 0.3 is 0 Å². The summed E-state index contributed by atoms with van der Waals surface area (Å²) in [5.74, 6) is 0.00503. The van der Waals surface area contributed by atoms with Gasteiger partial charge in [0, 0.05) is 11.4 Å². The zero-order valence-corrected chi connectivity index (χ0v) is 23.3. The van der Waals surface area contributed by atoms with E-state index in [1.807, 2.05) is 54.6 Å². The van der Waals surface area contributed by atoms with Gasteiger partial charge in [0.05, 0.1) is 27.6 Å². The number of aryl methyl sites for hydroxylation is 1. The smallest absolute Gasteiger partial charge is 0.297 e. The number of fused-ring (bicyclic) bond motifs is 2. The number of hydrogen-bond acceptors (Lipinski definition) is 7. The minimum Gasteiger partial charge on any atom is -0.489 e. The molecule has 0 spiro atoms. The number of thiazole rings is 1. The first-order chi connectivity index (χ1) is 18.8. The first kappa shape index (κ1) is 25.2. The molecular formula is C30H21BrN2O5S. The quantitative estimate of drug-likeness (QED) is 0.198. The van der Waals surface area contributed by atoms with E-state index in [9.17, 15) is 14.4 Å². The Morgan fingerprint density at radius 3 is 2.51 bits per heavy atom. The normalized spacial score (nSPS) is 14.6. The number of aromatic nitrogens is 1. The lowest BCUT2D eigenvalue weighted by atomic mass is 9.98. The predicted octanol–water partition coefficient (Wildman–Crippen LogP) is 6.85. The lowest BCUT2D eigenvalue weighted by Crippen LogP contribution is -2.29. The van der Waals surface area contributed by atoms with E-state index in [1.54, 1.807) is 25.1 Å². The number of carbonyl (C=O) groups excluding carboxylic acids is 2. The van der Waals surface area contributed by atoms with Crippen LogP contribution in [0.2, 0.25) is 0 Å². The third-order valence-electron chi connectivity index (χ3n) is 6.59. The Bertz CT molecular complexity index is 1810. The van der Waals surface area contributed by atoms with Crippen molar-refractivity contribution in [2.45, 2.75) is 26.5 Å². The van der Waals surface area contributed by atoms with Crippen LogP contribution in [0.4, 0.5) is 5.13 Å². The molecule has 1 aliphatic heterocycles. The highest BCUT2D eigenvalue weighted by Gasteiger charge is 2.45. The number of carbonyl (C=O) groups is 2. The number of Topliss-reactive ketones (excluding diaryl/α,β-unsaturated/α-hetero) is 1. The molecule has 1 atom stereocenters. The first-order valence-corrected chi connectivity index (χ1v) is 13.8. The van der Waals surface area contributed by atoms with Crippen molar-refractivity contribution in [3.8, 4) is 5.75 Å². The van der Waals surface area contributed by atoms with E-state index in [0.717, 1.165) is 21.4 Å². The van der Waals surface area contributed by atoms with E-state index in [4.69, 9.17) is 9.15 Å². The Hall–Kier alpha value is -4.08. The molecular weight excluding hydrogens is 580 g/mol. The summed E-state index contributed by atoms with van der Waals surface area (Å²) in [5.41, 5.74) is 2.52. The minimum atomic E-state index is -0.791. The average Bonchev–Trinajstić information content (AvgIpc) is 3.46. The Labute approximate surface area is 235 Å². The fraction of sp³-hybridized carbons (Fsp3) is 0.133.